The van der Waals surface area contributed by atoms with Gasteiger partial charge in [0, 0.05) is 35.8 Å². The molecule has 1 N–H and O–H groups in total. The van der Waals surface area contributed by atoms with Gasteiger partial charge in [0.2, 0.25) is 0 Å². The molecule has 1 aromatic heterocycles. The topological polar surface area (TPSA) is 59.1 Å². The fourth-order valence-electron chi connectivity index (χ4n) is 1.06. The van der Waals surface area contributed by atoms with E-state index < -0.39 is 9.84 Å². The first kappa shape index (κ1) is 14.9. The highest BCUT2D eigenvalue weighted by atomic mass is 79.9. The Morgan fingerprint density at radius 3 is 2.76 bits per heavy atom. The monoisotopic (exact) mass is 338 g/mol. The van der Waals surface area contributed by atoms with Crippen LogP contribution in [0.25, 0.3) is 0 Å². The fourth-order valence-corrected chi connectivity index (χ4v) is 2.55. The van der Waals surface area contributed by atoms with Crippen LogP contribution in [0.5, 0.6) is 0 Å². The number of sulfone groups is 1. The summed E-state index contributed by atoms with van der Waals surface area (Å²) < 4.78 is 22.7. The summed E-state index contributed by atoms with van der Waals surface area (Å²) in [5.41, 5.74) is 0. The lowest BCUT2D eigenvalue weighted by molar-refractivity contribution is 0.598. The van der Waals surface area contributed by atoms with Crippen LogP contribution in [0.1, 0.15) is 0 Å². The first-order valence-corrected chi connectivity index (χ1v) is 8.94. The third kappa shape index (κ3) is 7.75. The Kier molecular flexibility index (Phi) is 6.47. The van der Waals surface area contributed by atoms with Crippen LogP contribution in [0.2, 0.25) is 0 Å². The van der Waals surface area contributed by atoms with Crippen LogP contribution < -0.4 is 5.32 Å². The summed E-state index contributed by atoms with van der Waals surface area (Å²) in [5.74, 6) is 1.06. The number of hydrogen-bond acceptors (Lipinski definition) is 5. The highest BCUT2D eigenvalue weighted by Crippen LogP contribution is 2.16. The minimum absolute atomic E-state index is 0.189. The van der Waals surface area contributed by atoms with Gasteiger partial charge in [-0.15, -0.1) is 11.8 Å². The molecule has 0 fully saturated rings. The van der Waals surface area contributed by atoms with Gasteiger partial charge in [-0.3, -0.25) is 0 Å². The molecule has 0 aliphatic heterocycles. The van der Waals surface area contributed by atoms with E-state index >= 15 is 0 Å². The smallest absolute Gasteiger partial charge is 0.148 e. The third-order valence-corrected chi connectivity index (χ3v) is 4.24. The van der Waals surface area contributed by atoms with Gasteiger partial charge < -0.3 is 5.32 Å². The first-order chi connectivity index (χ1) is 7.97. The van der Waals surface area contributed by atoms with E-state index in [1.807, 2.05) is 12.1 Å². The van der Waals surface area contributed by atoms with Crippen LogP contribution in [0.4, 0.5) is 0 Å². The second-order valence-electron chi connectivity index (χ2n) is 3.54. The molecule has 0 aliphatic rings. The Hall–Kier alpha value is -0.110. The molecule has 4 nitrogen and oxygen atoms in total. The molecule has 0 spiro atoms. The molecule has 96 valence electrons. The highest BCUT2D eigenvalue weighted by Gasteiger charge is 2.00. The Bertz CT molecular complexity index is 434. The zero-order chi connectivity index (χ0) is 12.7. The number of rotatable bonds is 7. The molecular weight excluding hydrogens is 324 g/mol. The predicted molar refractivity (Wildman–Crippen MR) is 75.2 cm³/mol. The van der Waals surface area contributed by atoms with Gasteiger partial charge in [0.1, 0.15) is 9.84 Å². The quantitative estimate of drug-likeness (QED) is 0.604. The molecule has 0 unspecified atom stereocenters. The zero-order valence-electron chi connectivity index (χ0n) is 9.52. The maximum atomic E-state index is 10.9. The first-order valence-electron chi connectivity index (χ1n) is 5.10. The lowest BCUT2D eigenvalue weighted by Crippen LogP contribution is -2.24. The lowest BCUT2D eigenvalue weighted by atomic mass is 10.5. The Morgan fingerprint density at radius 2 is 2.18 bits per heavy atom. The number of nitrogens with zero attached hydrogens (tertiary/aromatic N) is 1. The Morgan fingerprint density at radius 1 is 1.41 bits per heavy atom. The van der Waals surface area contributed by atoms with Gasteiger partial charge in [-0.2, -0.15) is 0 Å². The van der Waals surface area contributed by atoms with Crippen molar-refractivity contribution >= 4 is 37.5 Å². The van der Waals surface area contributed by atoms with E-state index in [2.05, 4.69) is 26.2 Å². The normalized spacial score (nSPS) is 11.6. The summed E-state index contributed by atoms with van der Waals surface area (Å²) >= 11 is 4.97. The van der Waals surface area contributed by atoms with Gasteiger partial charge in [0.05, 0.1) is 10.8 Å². The predicted octanol–water partition coefficient (Wildman–Crippen LogP) is 1.57. The molecule has 0 amide bonds. The number of thioether (sulfide) groups is 1. The minimum Gasteiger partial charge on any atom is -0.315 e. The van der Waals surface area contributed by atoms with E-state index in [1.165, 1.54) is 6.26 Å². The van der Waals surface area contributed by atoms with Gasteiger partial charge in [0.15, 0.2) is 0 Å². The lowest BCUT2D eigenvalue weighted by Gasteiger charge is -2.03. The van der Waals surface area contributed by atoms with Gasteiger partial charge in [-0.25, -0.2) is 13.4 Å². The van der Waals surface area contributed by atoms with Crippen molar-refractivity contribution < 1.29 is 8.42 Å². The van der Waals surface area contributed by atoms with E-state index in [0.717, 1.165) is 21.8 Å². The molecule has 0 saturated heterocycles. The van der Waals surface area contributed by atoms with Crippen LogP contribution in [0.3, 0.4) is 0 Å². The molecule has 1 heterocycles. The largest absolute Gasteiger partial charge is 0.315 e. The molecular formula is C10H15BrN2O2S2. The summed E-state index contributed by atoms with van der Waals surface area (Å²) in [6.07, 6.45) is 3.01. The second kappa shape index (κ2) is 7.35. The molecule has 0 aromatic carbocycles. The Labute approximate surface area is 115 Å². The molecule has 0 atom stereocenters. The molecule has 17 heavy (non-hydrogen) atoms. The summed E-state index contributed by atoms with van der Waals surface area (Å²) in [6.45, 7) is 1.28. The molecule has 0 radical (unpaired) electrons. The third-order valence-electron chi connectivity index (χ3n) is 1.88. The maximum absolute atomic E-state index is 10.9. The minimum atomic E-state index is -2.86. The molecule has 1 aromatic rings. The number of pyridine rings is 1. The van der Waals surface area contributed by atoms with Crippen molar-refractivity contribution in [3.63, 3.8) is 0 Å². The van der Waals surface area contributed by atoms with Gasteiger partial charge in [-0.05, 0) is 28.1 Å². The van der Waals surface area contributed by atoms with Crippen molar-refractivity contribution in [3.05, 3.63) is 22.8 Å². The van der Waals surface area contributed by atoms with Gasteiger partial charge >= 0.3 is 0 Å². The van der Waals surface area contributed by atoms with Gasteiger partial charge in [-0.1, -0.05) is 0 Å². The van der Waals surface area contributed by atoms with E-state index in [4.69, 9.17) is 0 Å². The van der Waals surface area contributed by atoms with Crippen LogP contribution in [-0.2, 0) is 9.84 Å². The summed E-state index contributed by atoms with van der Waals surface area (Å²) in [5, 5.41) is 4.06. The zero-order valence-corrected chi connectivity index (χ0v) is 12.7. The van der Waals surface area contributed by atoms with Crippen LogP contribution in [0, 0.1) is 0 Å². The standard InChI is InChI=1S/C10H15BrN2O2S2/c1-17(14,15)7-5-12-4-6-16-10-3-2-9(11)8-13-10/h2-3,8,12H,4-7H2,1H3. The van der Waals surface area contributed by atoms with Crippen LogP contribution in [0.15, 0.2) is 27.8 Å². The average Bonchev–Trinajstić information content (AvgIpc) is 2.24. The van der Waals surface area contributed by atoms with E-state index in [0.29, 0.717) is 6.54 Å². The summed E-state index contributed by atoms with van der Waals surface area (Å²) in [6, 6.07) is 3.90. The van der Waals surface area contributed by atoms with Crippen molar-refractivity contribution in [1.82, 2.24) is 10.3 Å². The number of aromatic nitrogens is 1. The highest BCUT2D eigenvalue weighted by molar-refractivity contribution is 9.10. The fraction of sp³-hybridized carbons (Fsp3) is 0.500. The molecule has 0 bridgehead atoms. The average molecular weight is 339 g/mol. The number of nitrogens with one attached hydrogen (secondary N) is 1. The molecule has 0 saturated carbocycles. The van der Waals surface area contributed by atoms with E-state index in [1.54, 1.807) is 18.0 Å². The molecule has 1 rings (SSSR count). The van der Waals surface area contributed by atoms with Crippen molar-refractivity contribution in [2.75, 3.05) is 30.9 Å². The SMILES string of the molecule is CS(=O)(=O)CCNCCSc1ccc(Br)cn1. The maximum Gasteiger partial charge on any atom is 0.148 e. The van der Waals surface area contributed by atoms with Crippen molar-refractivity contribution in [2.24, 2.45) is 0 Å². The van der Waals surface area contributed by atoms with E-state index in [9.17, 15) is 8.42 Å². The Balaban J connectivity index is 2.10. The van der Waals surface area contributed by atoms with Crippen molar-refractivity contribution in [3.8, 4) is 0 Å². The number of halogens is 1. The summed E-state index contributed by atoms with van der Waals surface area (Å²) in [7, 11) is -2.86. The van der Waals surface area contributed by atoms with E-state index in [-0.39, 0.29) is 5.75 Å². The number of hydrogen-bond donors (Lipinski definition) is 1. The molecule has 0 aliphatic carbocycles. The second-order valence-corrected chi connectivity index (χ2v) is 7.83. The van der Waals surface area contributed by atoms with Gasteiger partial charge in [0.25, 0.3) is 0 Å². The molecule has 7 heteroatoms. The van der Waals surface area contributed by atoms with Crippen molar-refractivity contribution in [1.29, 1.82) is 0 Å². The summed E-state index contributed by atoms with van der Waals surface area (Å²) in [4.78, 5) is 4.23. The van der Waals surface area contributed by atoms with Crippen LogP contribution in [-0.4, -0.2) is 44.3 Å². The van der Waals surface area contributed by atoms with Crippen LogP contribution >= 0.6 is 27.7 Å². The van der Waals surface area contributed by atoms with Crippen molar-refractivity contribution in [2.45, 2.75) is 5.03 Å².